The second kappa shape index (κ2) is 8.37. The highest BCUT2D eigenvalue weighted by Crippen LogP contribution is 2.19. The molecule has 150 valence electrons. The van der Waals surface area contributed by atoms with Crippen molar-refractivity contribution < 1.29 is 9.42 Å². The highest BCUT2D eigenvalue weighted by atomic mass is 35.5. The standard InChI is InChI=1S/C17H18ClN9O2/c18-12-5-3-4-11(8-12)9-20-22-17(28)14-13(10-26-6-1-2-7-26)21-25-27(14)16-15(19)23-29-24-16/h3-5,8-9H,1-2,6-7,10H2,(H2,19,23)(H,22,28)/b20-9+. The molecule has 12 heteroatoms. The fraction of sp³-hybridized carbons (Fsp3) is 0.294. The second-order valence-electron chi connectivity index (χ2n) is 6.51. The summed E-state index contributed by atoms with van der Waals surface area (Å²) in [5, 5.41) is 20.0. The van der Waals surface area contributed by atoms with Crippen molar-refractivity contribution >= 4 is 29.5 Å². The van der Waals surface area contributed by atoms with Gasteiger partial charge in [0.15, 0.2) is 5.69 Å². The van der Waals surface area contributed by atoms with Crippen molar-refractivity contribution in [1.29, 1.82) is 0 Å². The number of nitrogens with two attached hydrogens (primary N) is 1. The zero-order chi connectivity index (χ0) is 20.2. The summed E-state index contributed by atoms with van der Waals surface area (Å²) in [6.07, 6.45) is 3.71. The third-order valence-corrected chi connectivity index (χ3v) is 4.69. The first-order valence-electron chi connectivity index (χ1n) is 8.96. The predicted molar refractivity (Wildman–Crippen MR) is 105 cm³/mol. The van der Waals surface area contributed by atoms with Crippen LogP contribution in [-0.4, -0.2) is 55.4 Å². The molecular weight excluding hydrogens is 398 g/mol. The Morgan fingerprint density at radius 1 is 1.34 bits per heavy atom. The molecule has 0 bridgehead atoms. The molecule has 0 unspecified atom stereocenters. The first-order valence-corrected chi connectivity index (χ1v) is 9.34. The van der Waals surface area contributed by atoms with Crippen LogP contribution >= 0.6 is 11.6 Å². The number of carbonyl (C=O) groups is 1. The van der Waals surface area contributed by atoms with Crippen LogP contribution in [-0.2, 0) is 6.54 Å². The SMILES string of the molecule is Nc1nonc1-n1nnc(CN2CCCC2)c1C(=O)N/N=C/c1cccc(Cl)c1. The van der Waals surface area contributed by atoms with Crippen LogP contribution in [0.3, 0.4) is 0 Å². The first-order chi connectivity index (χ1) is 14.1. The zero-order valence-corrected chi connectivity index (χ0v) is 16.1. The smallest absolute Gasteiger partial charge is 0.292 e. The molecule has 1 amide bonds. The van der Waals surface area contributed by atoms with E-state index in [0.29, 0.717) is 17.3 Å². The van der Waals surface area contributed by atoms with E-state index in [1.54, 1.807) is 18.2 Å². The quantitative estimate of drug-likeness (QED) is 0.452. The molecule has 4 rings (SSSR count). The number of rotatable bonds is 6. The molecule has 1 aromatic carbocycles. The number of hydrogen-bond donors (Lipinski definition) is 2. The van der Waals surface area contributed by atoms with E-state index in [2.05, 4.69) is 40.7 Å². The number of nitrogens with one attached hydrogen (secondary N) is 1. The number of hydrazone groups is 1. The van der Waals surface area contributed by atoms with E-state index in [4.69, 9.17) is 17.3 Å². The monoisotopic (exact) mass is 415 g/mol. The van der Waals surface area contributed by atoms with Crippen LogP contribution in [0, 0.1) is 0 Å². The molecule has 3 aromatic rings. The van der Waals surface area contributed by atoms with Crippen LogP contribution in [0.15, 0.2) is 34.0 Å². The van der Waals surface area contributed by atoms with Gasteiger partial charge in [0.2, 0.25) is 11.6 Å². The molecule has 3 heterocycles. The van der Waals surface area contributed by atoms with Crippen LogP contribution in [0.25, 0.3) is 5.82 Å². The molecule has 0 radical (unpaired) electrons. The van der Waals surface area contributed by atoms with E-state index < -0.39 is 5.91 Å². The average Bonchev–Trinajstić information content (AvgIpc) is 3.43. The maximum absolute atomic E-state index is 12.9. The largest absolute Gasteiger partial charge is 0.378 e. The van der Waals surface area contributed by atoms with Gasteiger partial charge in [0.1, 0.15) is 5.69 Å². The fourth-order valence-electron chi connectivity index (χ4n) is 3.09. The van der Waals surface area contributed by atoms with Crippen LogP contribution in [0.1, 0.15) is 34.6 Å². The minimum Gasteiger partial charge on any atom is -0.378 e. The molecule has 0 spiro atoms. The van der Waals surface area contributed by atoms with Crippen molar-refractivity contribution in [2.24, 2.45) is 5.10 Å². The van der Waals surface area contributed by atoms with Crippen molar-refractivity contribution in [2.45, 2.75) is 19.4 Å². The van der Waals surface area contributed by atoms with Gasteiger partial charge >= 0.3 is 0 Å². The lowest BCUT2D eigenvalue weighted by Gasteiger charge is -2.13. The number of aromatic nitrogens is 5. The van der Waals surface area contributed by atoms with Crippen LogP contribution < -0.4 is 11.2 Å². The number of likely N-dealkylation sites (tertiary alicyclic amines) is 1. The van der Waals surface area contributed by atoms with Crippen molar-refractivity contribution in [2.75, 3.05) is 18.8 Å². The zero-order valence-electron chi connectivity index (χ0n) is 15.3. The van der Waals surface area contributed by atoms with Gasteiger partial charge < -0.3 is 5.73 Å². The van der Waals surface area contributed by atoms with Crippen molar-refractivity contribution in [1.82, 2.24) is 35.6 Å². The maximum atomic E-state index is 12.9. The van der Waals surface area contributed by atoms with Crippen LogP contribution in [0.5, 0.6) is 0 Å². The molecule has 1 saturated heterocycles. The number of carbonyl (C=O) groups excluding carboxylic acids is 1. The Balaban J connectivity index is 1.59. The molecule has 1 aliphatic heterocycles. The van der Waals surface area contributed by atoms with Crippen molar-refractivity contribution in [3.63, 3.8) is 0 Å². The Kier molecular flexibility index (Phi) is 5.49. The summed E-state index contributed by atoms with van der Waals surface area (Å²) >= 11 is 5.95. The normalized spacial score (nSPS) is 14.7. The van der Waals surface area contributed by atoms with Gasteiger partial charge in [-0.05, 0) is 53.9 Å². The van der Waals surface area contributed by atoms with E-state index in [1.165, 1.54) is 10.9 Å². The molecular formula is C17H18ClN9O2. The first kappa shape index (κ1) is 19.0. The van der Waals surface area contributed by atoms with Gasteiger partial charge in [0.25, 0.3) is 5.91 Å². The molecule has 0 aliphatic carbocycles. The minimum atomic E-state index is -0.509. The third-order valence-electron chi connectivity index (χ3n) is 4.45. The highest BCUT2D eigenvalue weighted by Gasteiger charge is 2.26. The summed E-state index contributed by atoms with van der Waals surface area (Å²) in [5.74, 6) is -0.418. The molecule has 1 fully saturated rings. The van der Waals surface area contributed by atoms with Gasteiger partial charge in [-0.3, -0.25) is 9.69 Å². The summed E-state index contributed by atoms with van der Waals surface area (Å²) in [4.78, 5) is 15.1. The second-order valence-corrected chi connectivity index (χ2v) is 6.94. The van der Waals surface area contributed by atoms with Gasteiger partial charge in [0, 0.05) is 11.6 Å². The molecule has 2 aromatic heterocycles. The number of nitrogen functional groups attached to an aromatic ring is 1. The third kappa shape index (κ3) is 4.25. The summed E-state index contributed by atoms with van der Waals surface area (Å²) in [6, 6.07) is 7.08. The van der Waals surface area contributed by atoms with Gasteiger partial charge in [-0.15, -0.1) is 5.10 Å². The summed E-state index contributed by atoms with van der Waals surface area (Å²) in [6.45, 7) is 2.36. The lowest BCUT2D eigenvalue weighted by atomic mass is 10.2. The molecule has 0 saturated carbocycles. The topological polar surface area (TPSA) is 140 Å². The number of amides is 1. The minimum absolute atomic E-state index is 0.000832. The number of anilines is 1. The van der Waals surface area contributed by atoms with Crippen LogP contribution in [0.2, 0.25) is 5.02 Å². The average molecular weight is 416 g/mol. The molecule has 11 nitrogen and oxygen atoms in total. The Labute approximate surface area is 170 Å². The van der Waals surface area contributed by atoms with E-state index >= 15 is 0 Å². The Morgan fingerprint density at radius 2 is 2.17 bits per heavy atom. The number of hydrogen-bond acceptors (Lipinski definition) is 9. The van der Waals surface area contributed by atoms with E-state index in [-0.39, 0.29) is 17.3 Å². The van der Waals surface area contributed by atoms with Gasteiger partial charge in [-0.1, -0.05) is 28.9 Å². The van der Waals surface area contributed by atoms with E-state index in [1.807, 2.05) is 6.07 Å². The molecule has 29 heavy (non-hydrogen) atoms. The number of halogens is 1. The highest BCUT2D eigenvalue weighted by molar-refractivity contribution is 6.30. The van der Waals surface area contributed by atoms with Gasteiger partial charge in [0.05, 0.1) is 6.21 Å². The lowest BCUT2D eigenvalue weighted by molar-refractivity contribution is 0.0945. The van der Waals surface area contributed by atoms with Gasteiger partial charge in [-0.2, -0.15) is 9.78 Å². The molecule has 0 atom stereocenters. The fourth-order valence-corrected chi connectivity index (χ4v) is 3.29. The molecule has 3 N–H and O–H groups in total. The van der Waals surface area contributed by atoms with Crippen molar-refractivity contribution in [3.8, 4) is 5.82 Å². The summed E-state index contributed by atoms with van der Waals surface area (Å²) in [7, 11) is 0. The van der Waals surface area contributed by atoms with Crippen LogP contribution in [0.4, 0.5) is 5.82 Å². The van der Waals surface area contributed by atoms with E-state index in [9.17, 15) is 4.79 Å². The maximum Gasteiger partial charge on any atom is 0.292 e. The Bertz CT molecular complexity index is 1040. The lowest BCUT2D eigenvalue weighted by Crippen LogP contribution is -2.26. The van der Waals surface area contributed by atoms with Crippen molar-refractivity contribution in [3.05, 3.63) is 46.2 Å². The molecule has 1 aliphatic rings. The Morgan fingerprint density at radius 3 is 2.90 bits per heavy atom. The summed E-state index contributed by atoms with van der Waals surface area (Å²) in [5.41, 5.74) is 9.65. The predicted octanol–water partition coefficient (Wildman–Crippen LogP) is 1.25. The number of nitrogens with zero attached hydrogens (tertiary/aromatic N) is 7. The number of benzene rings is 1. The van der Waals surface area contributed by atoms with E-state index in [0.717, 1.165) is 31.5 Å². The van der Waals surface area contributed by atoms with Gasteiger partial charge in [-0.25, -0.2) is 10.1 Å². The summed E-state index contributed by atoms with van der Waals surface area (Å²) < 4.78 is 5.84. The Hall–Kier alpha value is -3.31.